The molecule has 2 atom stereocenters. The van der Waals surface area contributed by atoms with Crippen LogP contribution >= 0.6 is 24.0 Å². The van der Waals surface area contributed by atoms with Gasteiger partial charge in [-0.2, -0.15) is 0 Å². The number of pyridine rings is 1. The molecule has 1 saturated heterocycles. The third kappa shape index (κ3) is 7.95. The van der Waals surface area contributed by atoms with E-state index in [1.165, 1.54) is 0 Å². The minimum atomic E-state index is 0. The van der Waals surface area contributed by atoms with Crippen LogP contribution < -0.4 is 10.2 Å². The molecule has 0 amide bonds. The molecule has 0 aromatic carbocycles. The van der Waals surface area contributed by atoms with Gasteiger partial charge in [-0.3, -0.25) is 0 Å². The van der Waals surface area contributed by atoms with Gasteiger partial charge in [-0.15, -0.1) is 30.6 Å². The number of nitrogens with zero attached hydrogens (tertiary/aromatic N) is 4. The molecule has 2 heterocycles. The predicted molar refractivity (Wildman–Crippen MR) is 129 cm³/mol. The van der Waals surface area contributed by atoms with E-state index in [2.05, 4.69) is 66.6 Å². The fourth-order valence-electron chi connectivity index (χ4n) is 3.28. The average Bonchev–Trinajstić information content (AvgIpc) is 2.65. The third-order valence-electron chi connectivity index (χ3n) is 4.56. The van der Waals surface area contributed by atoms with Crippen LogP contribution in [0.5, 0.6) is 0 Å². The van der Waals surface area contributed by atoms with Crippen LogP contribution in [0.3, 0.4) is 0 Å². The first kappa shape index (κ1) is 24.7. The minimum Gasteiger partial charge on any atom is -0.372 e. The van der Waals surface area contributed by atoms with Crippen LogP contribution in [0.15, 0.2) is 36.0 Å². The van der Waals surface area contributed by atoms with Crippen molar-refractivity contribution < 1.29 is 4.74 Å². The predicted octanol–water partition coefficient (Wildman–Crippen LogP) is 3.68. The largest absolute Gasteiger partial charge is 0.372 e. The fourth-order valence-corrected chi connectivity index (χ4v) is 3.28. The van der Waals surface area contributed by atoms with Crippen molar-refractivity contribution in [1.82, 2.24) is 15.2 Å². The van der Waals surface area contributed by atoms with Crippen molar-refractivity contribution in [3.63, 3.8) is 0 Å². The topological polar surface area (TPSA) is 53.0 Å². The van der Waals surface area contributed by atoms with Crippen LogP contribution in [0.4, 0.5) is 5.82 Å². The maximum Gasteiger partial charge on any atom is 0.193 e. The summed E-state index contributed by atoms with van der Waals surface area (Å²) in [6, 6.07) is 4.22. The molecule has 1 aliphatic rings. The number of nitrogens with one attached hydrogen (secondary N) is 1. The maximum atomic E-state index is 5.80. The highest BCUT2D eigenvalue weighted by Gasteiger charge is 2.22. The Morgan fingerprint density at radius 2 is 2.11 bits per heavy atom. The quantitative estimate of drug-likeness (QED) is 0.194. The van der Waals surface area contributed by atoms with E-state index in [0.29, 0.717) is 6.54 Å². The van der Waals surface area contributed by atoms with E-state index in [-0.39, 0.29) is 36.2 Å². The molecule has 6 nitrogen and oxygen atoms in total. The summed E-state index contributed by atoms with van der Waals surface area (Å²) in [5, 5.41) is 3.36. The fraction of sp³-hybridized carbons (Fsp3) is 0.619. The number of allylic oxidation sites excluding steroid dienone is 1. The van der Waals surface area contributed by atoms with Crippen LogP contribution in [0, 0.1) is 0 Å². The molecule has 1 fully saturated rings. The van der Waals surface area contributed by atoms with Crippen molar-refractivity contribution in [2.24, 2.45) is 4.99 Å². The van der Waals surface area contributed by atoms with Gasteiger partial charge in [0.25, 0.3) is 0 Å². The average molecular weight is 501 g/mol. The number of hydrogen-bond donors (Lipinski definition) is 1. The van der Waals surface area contributed by atoms with Gasteiger partial charge >= 0.3 is 0 Å². The summed E-state index contributed by atoms with van der Waals surface area (Å²) in [5.74, 6) is 1.94. The Hall–Kier alpha value is -1.35. The number of guanidine groups is 1. The minimum absolute atomic E-state index is 0. The Bertz CT molecular complexity index is 597. The molecule has 2 unspecified atom stereocenters. The Kier molecular flexibility index (Phi) is 11.4. The van der Waals surface area contributed by atoms with Gasteiger partial charge in [0.05, 0.1) is 18.8 Å². The van der Waals surface area contributed by atoms with E-state index >= 15 is 0 Å². The summed E-state index contributed by atoms with van der Waals surface area (Å²) in [4.78, 5) is 13.9. The second kappa shape index (κ2) is 13.0. The maximum absolute atomic E-state index is 5.80. The molecule has 0 radical (unpaired) electrons. The molecule has 158 valence electrons. The molecule has 7 heteroatoms. The second-order valence-electron chi connectivity index (χ2n) is 7.21. The van der Waals surface area contributed by atoms with Gasteiger partial charge in [-0.05, 0) is 45.2 Å². The summed E-state index contributed by atoms with van der Waals surface area (Å²) in [6.07, 6.45) is 6.47. The number of aliphatic imine (C=N–C) groups is 1. The monoisotopic (exact) mass is 501 g/mol. The third-order valence-corrected chi connectivity index (χ3v) is 4.56. The SMILES string of the molecule is C=CCCCN(C)C(=NCc1ccc(N2CC(C)OC(C)C2)nc1)NCC.I. The van der Waals surface area contributed by atoms with Crippen LogP contribution in [-0.4, -0.2) is 61.3 Å². The standard InChI is InChI=1S/C21H35N5O.HI/c1-6-8-9-12-25(5)21(22-7-2)24-14-19-10-11-20(23-13-19)26-15-17(3)27-18(4)16-26;/h6,10-11,13,17-18H,1,7-9,12,14-16H2,2-5H3,(H,22,24);1H. The van der Waals surface area contributed by atoms with E-state index in [9.17, 15) is 0 Å². The van der Waals surface area contributed by atoms with E-state index in [1.54, 1.807) is 0 Å². The summed E-state index contributed by atoms with van der Waals surface area (Å²) in [6.45, 7) is 14.3. The summed E-state index contributed by atoms with van der Waals surface area (Å²) in [7, 11) is 2.08. The summed E-state index contributed by atoms with van der Waals surface area (Å²) >= 11 is 0. The van der Waals surface area contributed by atoms with Gasteiger partial charge < -0.3 is 19.9 Å². The highest BCUT2D eigenvalue weighted by atomic mass is 127. The number of morpholine rings is 1. The van der Waals surface area contributed by atoms with E-state index in [1.807, 2.05) is 12.3 Å². The number of unbranched alkanes of at least 4 members (excludes halogenated alkanes) is 1. The molecule has 2 rings (SSSR count). The van der Waals surface area contributed by atoms with Gasteiger partial charge in [-0.1, -0.05) is 12.1 Å². The lowest BCUT2D eigenvalue weighted by Crippen LogP contribution is -2.45. The molecule has 0 saturated carbocycles. The number of hydrogen-bond acceptors (Lipinski definition) is 4. The Morgan fingerprint density at radius 1 is 1.39 bits per heavy atom. The number of anilines is 1. The Labute approximate surface area is 187 Å². The first-order chi connectivity index (χ1) is 13.0. The highest BCUT2D eigenvalue weighted by Crippen LogP contribution is 2.18. The van der Waals surface area contributed by atoms with E-state index < -0.39 is 0 Å². The van der Waals surface area contributed by atoms with Crippen molar-refractivity contribution in [2.45, 2.75) is 52.4 Å². The molecule has 1 aromatic rings. The van der Waals surface area contributed by atoms with Crippen molar-refractivity contribution in [3.05, 3.63) is 36.5 Å². The zero-order valence-corrected chi connectivity index (χ0v) is 20.1. The van der Waals surface area contributed by atoms with Gasteiger partial charge in [0.15, 0.2) is 5.96 Å². The second-order valence-corrected chi connectivity index (χ2v) is 7.21. The molecule has 0 aliphatic carbocycles. The van der Waals surface area contributed by atoms with Crippen LogP contribution in [0.2, 0.25) is 0 Å². The van der Waals surface area contributed by atoms with Crippen LogP contribution in [0.25, 0.3) is 0 Å². The summed E-state index contributed by atoms with van der Waals surface area (Å²) < 4.78 is 5.80. The van der Waals surface area contributed by atoms with Crippen molar-refractivity contribution in [2.75, 3.05) is 38.1 Å². The Balaban J connectivity index is 0.00000392. The highest BCUT2D eigenvalue weighted by molar-refractivity contribution is 14.0. The molecular formula is C21H36IN5O. The van der Waals surface area contributed by atoms with Gasteiger partial charge in [0.2, 0.25) is 0 Å². The lowest BCUT2D eigenvalue weighted by Gasteiger charge is -2.36. The van der Waals surface area contributed by atoms with E-state index in [4.69, 9.17) is 9.73 Å². The molecule has 1 aliphatic heterocycles. The first-order valence-corrected chi connectivity index (χ1v) is 9.99. The first-order valence-electron chi connectivity index (χ1n) is 9.99. The van der Waals surface area contributed by atoms with E-state index in [0.717, 1.165) is 56.4 Å². The smallest absolute Gasteiger partial charge is 0.193 e. The van der Waals surface area contributed by atoms with Gasteiger partial charge in [0.1, 0.15) is 5.82 Å². The molecule has 28 heavy (non-hydrogen) atoms. The Morgan fingerprint density at radius 3 is 2.68 bits per heavy atom. The summed E-state index contributed by atoms with van der Waals surface area (Å²) in [5.41, 5.74) is 1.11. The van der Waals surface area contributed by atoms with Crippen LogP contribution in [-0.2, 0) is 11.3 Å². The lowest BCUT2D eigenvalue weighted by atomic mass is 10.2. The van der Waals surface area contributed by atoms with Crippen molar-refractivity contribution >= 4 is 35.8 Å². The number of halogens is 1. The molecule has 0 bridgehead atoms. The molecular weight excluding hydrogens is 465 g/mol. The van der Waals surface area contributed by atoms with Crippen molar-refractivity contribution in [1.29, 1.82) is 0 Å². The number of ether oxygens (including phenoxy) is 1. The lowest BCUT2D eigenvalue weighted by molar-refractivity contribution is -0.00545. The molecule has 1 N–H and O–H groups in total. The number of rotatable bonds is 8. The normalized spacial score (nSPS) is 19.7. The zero-order chi connectivity index (χ0) is 19.6. The zero-order valence-electron chi connectivity index (χ0n) is 17.7. The number of aromatic nitrogens is 1. The van der Waals surface area contributed by atoms with Crippen molar-refractivity contribution in [3.8, 4) is 0 Å². The van der Waals surface area contributed by atoms with Gasteiger partial charge in [-0.25, -0.2) is 9.98 Å². The molecule has 0 spiro atoms. The molecule has 1 aromatic heterocycles. The van der Waals surface area contributed by atoms with Gasteiger partial charge in [0, 0.05) is 39.4 Å². The van der Waals surface area contributed by atoms with Crippen LogP contribution in [0.1, 0.15) is 39.2 Å².